The molecule has 1 N–H and O–H groups in total. The second-order valence-corrected chi connectivity index (χ2v) is 5.65. The topological polar surface area (TPSA) is 21.3 Å². The first-order valence-electron chi connectivity index (χ1n) is 6.63. The number of ether oxygens (including phenoxy) is 1. The van der Waals surface area contributed by atoms with E-state index in [2.05, 4.69) is 32.9 Å². The van der Waals surface area contributed by atoms with Crippen LogP contribution >= 0.6 is 15.9 Å². The van der Waals surface area contributed by atoms with E-state index in [-0.39, 0.29) is 11.8 Å². The Morgan fingerprint density at radius 1 is 1.30 bits per heavy atom. The summed E-state index contributed by atoms with van der Waals surface area (Å²) in [6.07, 6.45) is -0.486. The molecule has 0 aliphatic rings. The van der Waals surface area contributed by atoms with E-state index in [9.17, 15) is 13.2 Å². The number of anilines is 1. The Morgan fingerprint density at radius 2 is 2.00 bits per heavy atom. The van der Waals surface area contributed by atoms with Crippen LogP contribution in [0.5, 0.6) is 5.75 Å². The highest BCUT2D eigenvalue weighted by molar-refractivity contribution is 9.10. The molecule has 0 amide bonds. The Labute approximate surface area is 125 Å². The summed E-state index contributed by atoms with van der Waals surface area (Å²) in [5.74, 6) is -0.214. The van der Waals surface area contributed by atoms with E-state index in [0.717, 1.165) is 25.7 Å². The van der Waals surface area contributed by atoms with E-state index in [1.165, 1.54) is 6.07 Å². The van der Waals surface area contributed by atoms with Gasteiger partial charge in [-0.25, -0.2) is 0 Å². The number of benzene rings is 1. The van der Waals surface area contributed by atoms with Gasteiger partial charge in [0.2, 0.25) is 0 Å². The number of alkyl halides is 3. The molecule has 0 saturated carbocycles. The minimum Gasteiger partial charge on any atom is -0.404 e. The van der Waals surface area contributed by atoms with Crippen LogP contribution in [0.1, 0.15) is 39.5 Å². The van der Waals surface area contributed by atoms with Crippen molar-refractivity contribution in [3.05, 3.63) is 22.7 Å². The van der Waals surface area contributed by atoms with Crippen LogP contribution in [0.15, 0.2) is 22.7 Å². The summed E-state index contributed by atoms with van der Waals surface area (Å²) in [5.41, 5.74) is 0.356. The lowest BCUT2D eigenvalue weighted by molar-refractivity contribution is -0.274. The van der Waals surface area contributed by atoms with Gasteiger partial charge in [-0.15, -0.1) is 13.2 Å². The van der Waals surface area contributed by atoms with Crippen molar-refractivity contribution in [2.24, 2.45) is 0 Å². The third-order valence-corrected chi connectivity index (χ3v) is 3.31. The van der Waals surface area contributed by atoms with Gasteiger partial charge in [-0.2, -0.15) is 0 Å². The number of hydrogen-bond acceptors (Lipinski definition) is 2. The first-order chi connectivity index (χ1) is 9.31. The third kappa shape index (κ3) is 6.50. The monoisotopic (exact) mass is 353 g/mol. The summed E-state index contributed by atoms with van der Waals surface area (Å²) in [6.45, 7) is 4.07. The summed E-state index contributed by atoms with van der Waals surface area (Å²) in [5, 5.41) is 3.07. The molecule has 1 atom stereocenters. The van der Waals surface area contributed by atoms with Gasteiger partial charge in [0.1, 0.15) is 0 Å². The van der Waals surface area contributed by atoms with Crippen molar-refractivity contribution in [3.8, 4) is 5.75 Å². The van der Waals surface area contributed by atoms with Gasteiger partial charge in [-0.3, -0.25) is 0 Å². The van der Waals surface area contributed by atoms with E-state index in [1.54, 1.807) is 12.1 Å². The Balaban J connectivity index is 2.73. The van der Waals surface area contributed by atoms with Crippen LogP contribution in [0.25, 0.3) is 0 Å². The molecular weight excluding hydrogens is 335 g/mol. The average Bonchev–Trinajstić information content (AvgIpc) is 2.31. The van der Waals surface area contributed by atoms with Crippen molar-refractivity contribution in [2.75, 3.05) is 5.32 Å². The van der Waals surface area contributed by atoms with Crippen LogP contribution in [-0.2, 0) is 0 Å². The maximum absolute atomic E-state index is 12.4. The fraction of sp³-hybridized carbons (Fsp3) is 0.571. The highest BCUT2D eigenvalue weighted by Crippen LogP contribution is 2.33. The Hall–Kier alpha value is -0.910. The molecule has 2 nitrogen and oxygen atoms in total. The third-order valence-electron chi connectivity index (χ3n) is 2.81. The molecule has 0 aliphatic carbocycles. The van der Waals surface area contributed by atoms with Crippen LogP contribution < -0.4 is 10.1 Å². The van der Waals surface area contributed by atoms with Crippen molar-refractivity contribution in [3.63, 3.8) is 0 Å². The van der Waals surface area contributed by atoms with Gasteiger partial charge in [0.25, 0.3) is 0 Å². The summed E-state index contributed by atoms with van der Waals surface area (Å²) < 4.78 is 41.7. The standard InChI is InChI=1S/C14H19BrF3NO/c1-3-4-5-6-10(2)19-12-8-7-11(15)9-13(12)20-14(16,17)18/h7-10,19H,3-6H2,1-2H3. The van der Waals surface area contributed by atoms with Gasteiger partial charge >= 0.3 is 6.36 Å². The number of rotatable bonds is 7. The zero-order chi connectivity index (χ0) is 15.2. The number of nitrogens with one attached hydrogen (secondary N) is 1. The molecule has 0 bridgehead atoms. The number of hydrogen-bond donors (Lipinski definition) is 1. The molecule has 114 valence electrons. The number of halogens is 4. The molecule has 1 aromatic rings. The quantitative estimate of drug-likeness (QED) is 0.632. The highest BCUT2D eigenvalue weighted by Gasteiger charge is 2.32. The number of unbranched alkanes of at least 4 members (excludes halogenated alkanes) is 2. The smallest absolute Gasteiger partial charge is 0.404 e. The van der Waals surface area contributed by atoms with Crippen LogP contribution in [-0.4, -0.2) is 12.4 Å². The summed E-state index contributed by atoms with van der Waals surface area (Å²) in [4.78, 5) is 0. The molecule has 0 fully saturated rings. The second kappa shape index (κ2) is 7.76. The maximum atomic E-state index is 12.4. The van der Waals surface area contributed by atoms with E-state index in [4.69, 9.17) is 0 Å². The van der Waals surface area contributed by atoms with Gasteiger partial charge in [-0.05, 0) is 31.5 Å². The molecule has 0 aromatic heterocycles. The van der Waals surface area contributed by atoms with Crippen molar-refractivity contribution in [1.82, 2.24) is 0 Å². The molecule has 1 rings (SSSR count). The Bertz CT molecular complexity index is 423. The minimum atomic E-state index is -4.69. The van der Waals surface area contributed by atoms with E-state index < -0.39 is 6.36 Å². The summed E-state index contributed by atoms with van der Waals surface area (Å²) in [7, 11) is 0. The predicted octanol–water partition coefficient (Wildman–Crippen LogP) is 5.73. The molecule has 1 unspecified atom stereocenters. The van der Waals surface area contributed by atoms with Crippen LogP contribution in [0, 0.1) is 0 Å². The van der Waals surface area contributed by atoms with Crippen molar-refractivity contribution in [2.45, 2.75) is 51.9 Å². The molecule has 0 saturated heterocycles. The zero-order valence-electron chi connectivity index (χ0n) is 11.6. The largest absolute Gasteiger partial charge is 0.573 e. The second-order valence-electron chi connectivity index (χ2n) is 4.73. The summed E-state index contributed by atoms with van der Waals surface area (Å²) >= 11 is 3.15. The molecule has 20 heavy (non-hydrogen) atoms. The lowest BCUT2D eigenvalue weighted by Crippen LogP contribution is -2.20. The van der Waals surface area contributed by atoms with Crippen LogP contribution in [0.2, 0.25) is 0 Å². The van der Waals surface area contributed by atoms with E-state index in [1.807, 2.05) is 6.92 Å². The normalized spacial score (nSPS) is 13.1. The van der Waals surface area contributed by atoms with Gasteiger partial charge in [0, 0.05) is 10.5 Å². The lowest BCUT2D eigenvalue weighted by atomic mass is 10.1. The molecular formula is C14H19BrF3NO. The zero-order valence-corrected chi connectivity index (χ0v) is 13.1. The molecule has 1 aromatic carbocycles. The molecule has 0 radical (unpaired) electrons. The van der Waals surface area contributed by atoms with Crippen molar-refractivity contribution < 1.29 is 17.9 Å². The van der Waals surface area contributed by atoms with E-state index in [0.29, 0.717) is 10.2 Å². The van der Waals surface area contributed by atoms with Crippen LogP contribution in [0.4, 0.5) is 18.9 Å². The first-order valence-corrected chi connectivity index (χ1v) is 7.43. The van der Waals surface area contributed by atoms with Gasteiger partial charge < -0.3 is 10.1 Å². The average molecular weight is 354 g/mol. The molecule has 0 heterocycles. The molecule has 6 heteroatoms. The molecule has 0 spiro atoms. The fourth-order valence-electron chi connectivity index (χ4n) is 1.86. The van der Waals surface area contributed by atoms with Gasteiger partial charge in [0.05, 0.1) is 5.69 Å². The maximum Gasteiger partial charge on any atom is 0.573 e. The lowest BCUT2D eigenvalue weighted by Gasteiger charge is -2.19. The van der Waals surface area contributed by atoms with Crippen molar-refractivity contribution >= 4 is 21.6 Å². The van der Waals surface area contributed by atoms with Crippen molar-refractivity contribution in [1.29, 1.82) is 0 Å². The highest BCUT2D eigenvalue weighted by atomic mass is 79.9. The Kier molecular flexibility index (Phi) is 6.65. The predicted molar refractivity (Wildman–Crippen MR) is 78.1 cm³/mol. The van der Waals surface area contributed by atoms with Gasteiger partial charge in [0.15, 0.2) is 5.75 Å². The first kappa shape index (κ1) is 17.1. The summed E-state index contributed by atoms with van der Waals surface area (Å²) in [6, 6.07) is 4.68. The van der Waals surface area contributed by atoms with Crippen LogP contribution in [0.3, 0.4) is 0 Å². The minimum absolute atomic E-state index is 0.0957. The SMILES string of the molecule is CCCCCC(C)Nc1ccc(Br)cc1OC(F)(F)F. The van der Waals surface area contributed by atoms with E-state index >= 15 is 0 Å². The van der Waals surface area contributed by atoms with Gasteiger partial charge in [-0.1, -0.05) is 42.1 Å². The Morgan fingerprint density at radius 3 is 2.60 bits per heavy atom. The fourth-order valence-corrected chi connectivity index (χ4v) is 2.20. The molecule has 0 aliphatic heterocycles.